The molecule has 1 heterocycles. The Kier molecular flexibility index (Phi) is 5.10. The van der Waals surface area contributed by atoms with Crippen molar-refractivity contribution in [3.05, 3.63) is 17.5 Å². The zero-order chi connectivity index (χ0) is 10.4. The van der Waals surface area contributed by atoms with E-state index >= 15 is 0 Å². The topological polar surface area (TPSA) is 28.7 Å². The van der Waals surface area contributed by atoms with E-state index in [4.69, 9.17) is 0 Å². The molecular weight excluding hydrogens is 188 g/mol. The normalized spacial score (nSPS) is 10.2. The molecule has 0 atom stereocenters. The van der Waals surface area contributed by atoms with Gasteiger partial charge in [-0.1, -0.05) is 13.8 Å². The Hall–Kier alpha value is -1.07. The van der Waals surface area contributed by atoms with Crippen molar-refractivity contribution in [1.82, 2.24) is 10.2 Å². The van der Waals surface area contributed by atoms with E-state index < -0.39 is 24.2 Å². The molecule has 1 rings (SSSR count). The second-order valence-corrected chi connectivity index (χ2v) is 1.85. The minimum absolute atomic E-state index is 0.583. The highest BCUT2D eigenvalue weighted by Crippen LogP contribution is 2.21. The fraction of sp³-hybridized carbons (Fsp3) is 0.571. The van der Waals surface area contributed by atoms with Crippen LogP contribution in [0.4, 0.5) is 17.6 Å². The SMILES string of the molecule is CC.FC(F)c1cc(C(F)F)[nH]n1. The van der Waals surface area contributed by atoms with E-state index in [1.54, 1.807) is 5.10 Å². The van der Waals surface area contributed by atoms with E-state index in [2.05, 4.69) is 5.10 Å². The number of hydrogen-bond acceptors (Lipinski definition) is 1. The number of aromatic amines is 1. The Morgan fingerprint density at radius 2 is 1.69 bits per heavy atom. The van der Waals surface area contributed by atoms with Gasteiger partial charge in [0.15, 0.2) is 0 Å². The van der Waals surface area contributed by atoms with Crippen molar-refractivity contribution < 1.29 is 17.6 Å². The molecule has 0 bridgehead atoms. The van der Waals surface area contributed by atoms with Crippen molar-refractivity contribution in [2.75, 3.05) is 0 Å². The van der Waals surface area contributed by atoms with Gasteiger partial charge in [0.05, 0.1) is 0 Å². The van der Waals surface area contributed by atoms with Gasteiger partial charge in [-0.15, -0.1) is 0 Å². The van der Waals surface area contributed by atoms with Crippen molar-refractivity contribution in [1.29, 1.82) is 0 Å². The van der Waals surface area contributed by atoms with Crippen LogP contribution in [0.1, 0.15) is 38.1 Å². The second kappa shape index (κ2) is 5.55. The summed E-state index contributed by atoms with van der Waals surface area (Å²) in [5, 5.41) is 4.79. The molecule has 0 aliphatic carbocycles. The average molecular weight is 198 g/mol. The summed E-state index contributed by atoms with van der Waals surface area (Å²) in [5.41, 5.74) is -1.24. The fourth-order valence-electron chi connectivity index (χ4n) is 0.577. The van der Waals surface area contributed by atoms with Crippen LogP contribution in [0.3, 0.4) is 0 Å². The van der Waals surface area contributed by atoms with Gasteiger partial charge in [-0.05, 0) is 6.07 Å². The van der Waals surface area contributed by atoms with Crippen LogP contribution in [0.15, 0.2) is 6.07 Å². The molecule has 0 aliphatic heterocycles. The van der Waals surface area contributed by atoms with Crippen LogP contribution in [-0.2, 0) is 0 Å². The van der Waals surface area contributed by atoms with Crippen LogP contribution < -0.4 is 0 Å². The molecule has 0 radical (unpaired) electrons. The van der Waals surface area contributed by atoms with E-state index in [9.17, 15) is 17.6 Å². The summed E-state index contributed by atoms with van der Waals surface area (Å²) >= 11 is 0. The fourth-order valence-corrected chi connectivity index (χ4v) is 0.577. The molecule has 1 aromatic heterocycles. The van der Waals surface area contributed by atoms with Gasteiger partial charge in [-0.2, -0.15) is 5.10 Å². The van der Waals surface area contributed by atoms with Crippen molar-refractivity contribution >= 4 is 0 Å². The second-order valence-electron chi connectivity index (χ2n) is 1.85. The van der Waals surface area contributed by atoms with Gasteiger partial charge in [0, 0.05) is 0 Å². The highest BCUT2D eigenvalue weighted by molar-refractivity contribution is 5.10. The first-order valence-corrected chi connectivity index (χ1v) is 3.72. The molecule has 6 heteroatoms. The zero-order valence-corrected chi connectivity index (χ0v) is 7.19. The predicted octanol–water partition coefficient (Wildman–Crippen LogP) is 3.31. The summed E-state index contributed by atoms with van der Waals surface area (Å²) in [7, 11) is 0. The third-order valence-corrected chi connectivity index (χ3v) is 1.08. The van der Waals surface area contributed by atoms with Crippen LogP contribution in [0.2, 0.25) is 0 Å². The highest BCUT2D eigenvalue weighted by Gasteiger charge is 2.15. The smallest absolute Gasteiger partial charge is 0.276 e. The molecule has 1 N–H and O–H groups in total. The van der Waals surface area contributed by atoms with Crippen molar-refractivity contribution in [2.45, 2.75) is 26.7 Å². The highest BCUT2D eigenvalue weighted by atomic mass is 19.3. The van der Waals surface area contributed by atoms with Gasteiger partial charge in [0.2, 0.25) is 0 Å². The molecule has 0 amide bonds. The molecule has 2 nitrogen and oxygen atoms in total. The monoisotopic (exact) mass is 198 g/mol. The van der Waals surface area contributed by atoms with Crippen LogP contribution in [0.25, 0.3) is 0 Å². The number of aromatic nitrogens is 2. The Morgan fingerprint density at radius 1 is 1.15 bits per heavy atom. The third kappa shape index (κ3) is 3.43. The first-order chi connectivity index (χ1) is 6.11. The predicted molar refractivity (Wildman–Crippen MR) is 39.8 cm³/mol. The van der Waals surface area contributed by atoms with Gasteiger partial charge >= 0.3 is 0 Å². The molecule has 0 saturated heterocycles. The Morgan fingerprint density at radius 3 is 1.92 bits per heavy atom. The zero-order valence-electron chi connectivity index (χ0n) is 7.19. The summed E-state index contributed by atoms with van der Waals surface area (Å²) in [6, 6.07) is 0.648. The molecule has 0 unspecified atom stereocenters. The van der Waals surface area contributed by atoms with Gasteiger partial charge < -0.3 is 0 Å². The van der Waals surface area contributed by atoms with E-state index in [0.29, 0.717) is 6.07 Å². The lowest BCUT2D eigenvalue weighted by Crippen LogP contribution is -1.81. The molecule has 0 saturated carbocycles. The summed E-state index contributed by atoms with van der Waals surface area (Å²) in [6.07, 6.45) is -5.59. The van der Waals surface area contributed by atoms with Crippen molar-refractivity contribution in [3.8, 4) is 0 Å². The molecular formula is C7H10F4N2. The lowest BCUT2D eigenvalue weighted by molar-refractivity contribution is 0.144. The average Bonchev–Trinajstić information content (AvgIpc) is 2.56. The van der Waals surface area contributed by atoms with Crippen LogP contribution in [0, 0.1) is 0 Å². The molecule has 0 fully saturated rings. The number of halogens is 4. The molecule has 1 aromatic rings. The summed E-state index contributed by atoms with van der Waals surface area (Å²) in [4.78, 5) is 0. The minimum Gasteiger partial charge on any atom is -0.276 e. The van der Waals surface area contributed by atoms with Crippen molar-refractivity contribution in [3.63, 3.8) is 0 Å². The third-order valence-electron chi connectivity index (χ3n) is 1.08. The number of alkyl halides is 4. The minimum atomic E-state index is -2.81. The number of hydrogen-bond donors (Lipinski definition) is 1. The molecule has 0 aliphatic rings. The first kappa shape index (κ1) is 11.9. The Labute approximate surface area is 73.0 Å². The number of H-pyrrole nitrogens is 1. The lowest BCUT2D eigenvalue weighted by Gasteiger charge is -1.89. The maximum absolute atomic E-state index is 11.7. The summed E-state index contributed by atoms with van der Waals surface area (Å²) in [6.45, 7) is 4.00. The molecule has 76 valence electrons. The van der Waals surface area contributed by atoms with E-state index in [0.717, 1.165) is 0 Å². The van der Waals surface area contributed by atoms with Crippen molar-refractivity contribution in [2.24, 2.45) is 0 Å². The van der Waals surface area contributed by atoms with Crippen LogP contribution >= 0.6 is 0 Å². The maximum Gasteiger partial charge on any atom is 0.282 e. The largest absolute Gasteiger partial charge is 0.282 e. The Bertz CT molecular complexity index is 212. The molecule has 0 aromatic carbocycles. The molecule has 0 spiro atoms. The number of nitrogens with zero attached hydrogens (tertiary/aromatic N) is 1. The van der Waals surface area contributed by atoms with Crippen LogP contribution in [-0.4, -0.2) is 10.2 Å². The lowest BCUT2D eigenvalue weighted by atomic mass is 10.4. The van der Waals surface area contributed by atoms with Gasteiger partial charge in [-0.25, -0.2) is 17.6 Å². The van der Waals surface area contributed by atoms with E-state index in [1.807, 2.05) is 13.8 Å². The summed E-state index contributed by atoms with van der Waals surface area (Å²) in [5.74, 6) is 0. The maximum atomic E-state index is 11.7. The quantitative estimate of drug-likeness (QED) is 0.725. The number of nitrogens with one attached hydrogen (secondary N) is 1. The summed E-state index contributed by atoms with van der Waals surface area (Å²) < 4.78 is 46.9. The van der Waals surface area contributed by atoms with Gasteiger partial charge in [-0.3, -0.25) is 5.10 Å². The van der Waals surface area contributed by atoms with E-state index in [-0.39, 0.29) is 0 Å². The van der Waals surface area contributed by atoms with Crippen LogP contribution in [0.5, 0.6) is 0 Å². The van der Waals surface area contributed by atoms with Gasteiger partial charge in [0.25, 0.3) is 12.9 Å². The standard InChI is InChI=1S/C5H4F4N2.C2H6/c6-4(7)2-1-3(5(8)9)11-10-2;1-2/h1,4-5H,(H,10,11);1-2H3. The van der Waals surface area contributed by atoms with E-state index in [1.165, 1.54) is 0 Å². The number of rotatable bonds is 2. The van der Waals surface area contributed by atoms with Gasteiger partial charge in [0.1, 0.15) is 11.4 Å². The Balaban J connectivity index is 0.000000671. The first-order valence-electron chi connectivity index (χ1n) is 3.72. The molecule has 13 heavy (non-hydrogen) atoms.